The fourth-order valence-electron chi connectivity index (χ4n) is 2.70. The average molecular weight is 465 g/mol. The van der Waals surface area contributed by atoms with E-state index in [2.05, 4.69) is 10.3 Å². The highest BCUT2D eigenvalue weighted by atomic mass is 32.2. The van der Waals surface area contributed by atoms with Gasteiger partial charge >= 0.3 is 0 Å². The smallest absolute Gasteiger partial charge is 0.246 e. The van der Waals surface area contributed by atoms with Gasteiger partial charge in [0, 0.05) is 32.2 Å². The second kappa shape index (κ2) is 9.50. The number of rotatable bonds is 8. The highest BCUT2D eigenvalue weighted by Crippen LogP contribution is 2.29. The molecule has 0 fully saturated rings. The lowest BCUT2D eigenvalue weighted by molar-refractivity contribution is -0.113. The Morgan fingerprint density at radius 2 is 2.03 bits per heavy atom. The number of methoxy groups -OCH3 is 1. The van der Waals surface area contributed by atoms with Gasteiger partial charge in [-0.15, -0.1) is 0 Å². The van der Waals surface area contributed by atoms with Crippen molar-refractivity contribution >= 4 is 33.4 Å². The molecule has 1 N–H and O–H groups in total. The summed E-state index contributed by atoms with van der Waals surface area (Å²) in [6.07, 6.45) is 3.24. The Labute approximate surface area is 184 Å². The third-order valence-electron chi connectivity index (χ3n) is 4.23. The molecule has 0 unspecified atom stereocenters. The van der Waals surface area contributed by atoms with Gasteiger partial charge in [-0.05, 0) is 36.4 Å². The van der Waals surface area contributed by atoms with Gasteiger partial charge in [0.15, 0.2) is 5.16 Å². The van der Waals surface area contributed by atoms with Crippen molar-refractivity contribution in [2.24, 2.45) is 0 Å². The number of hydrogen-bond acceptors (Lipinski definition) is 6. The molecule has 0 saturated carbocycles. The molecule has 0 aliphatic rings. The minimum Gasteiger partial charge on any atom is -0.495 e. The number of imidazole rings is 1. The molecule has 1 heterocycles. The lowest BCUT2D eigenvalue weighted by Crippen LogP contribution is -2.23. The highest BCUT2D eigenvalue weighted by Gasteiger charge is 2.23. The Balaban J connectivity index is 1.72. The van der Waals surface area contributed by atoms with Crippen molar-refractivity contribution in [3.8, 4) is 11.4 Å². The molecular formula is C20H21FN4O4S2. The van der Waals surface area contributed by atoms with Crippen LogP contribution in [0.3, 0.4) is 0 Å². The summed E-state index contributed by atoms with van der Waals surface area (Å²) in [5.74, 6) is -0.521. The van der Waals surface area contributed by atoms with Crippen LogP contribution in [0.15, 0.2) is 64.9 Å². The summed E-state index contributed by atoms with van der Waals surface area (Å²) in [4.78, 5) is 16.6. The van der Waals surface area contributed by atoms with Gasteiger partial charge in [0.25, 0.3) is 0 Å². The topological polar surface area (TPSA) is 93.5 Å². The number of aromatic nitrogens is 2. The molecule has 8 nitrogen and oxygen atoms in total. The van der Waals surface area contributed by atoms with Gasteiger partial charge in [-0.25, -0.2) is 22.1 Å². The summed E-state index contributed by atoms with van der Waals surface area (Å²) in [6, 6.07) is 10.4. The quantitative estimate of drug-likeness (QED) is 0.515. The second-order valence-corrected chi connectivity index (χ2v) is 9.61. The zero-order valence-electron chi connectivity index (χ0n) is 17.1. The van der Waals surface area contributed by atoms with Gasteiger partial charge < -0.3 is 10.1 Å². The fourth-order valence-corrected chi connectivity index (χ4v) is 4.55. The standard InChI is InChI=1S/C20H21FN4O4S2/c1-24(2)31(27,28)18-12-15(7-8-17(18)29-3)23-19(26)13-30-20-22-9-10-25(20)16-6-4-5-14(21)11-16/h4-12H,13H2,1-3H3,(H,23,26). The Kier molecular flexibility index (Phi) is 6.98. The van der Waals surface area contributed by atoms with E-state index in [4.69, 9.17) is 4.74 Å². The van der Waals surface area contributed by atoms with Crippen LogP contribution in [0.5, 0.6) is 5.75 Å². The monoisotopic (exact) mass is 464 g/mol. The fraction of sp³-hybridized carbons (Fsp3) is 0.200. The number of carbonyl (C=O) groups excluding carboxylic acids is 1. The SMILES string of the molecule is COc1ccc(NC(=O)CSc2nccn2-c2cccc(F)c2)cc1S(=O)(=O)N(C)C. The highest BCUT2D eigenvalue weighted by molar-refractivity contribution is 7.99. The van der Waals surface area contributed by atoms with Gasteiger partial charge in [-0.1, -0.05) is 17.8 Å². The van der Waals surface area contributed by atoms with E-state index in [0.717, 1.165) is 4.31 Å². The minimum atomic E-state index is -3.76. The van der Waals surface area contributed by atoms with Crippen LogP contribution in [-0.4, -0.2) is 55.1 Å². The van der Waals surface area contributed by atoms with Crippen LogP contribution in [0.25, 0.3) is 5.69 Å². The predicted octanol–water partition coefficient (Wildman–Crippen LogP) is 3.00. The largest absolute Gasteiger partial charge is 0.495 e. The molecule has 0 saturated heterocycles. The second-order valence-electron chi connectivity index (χ2n) is 6.55. The van der Waals surface area contributed by atoms with Crippen LogP contribution in [0.2, 0.25) is 0 Å². The van der Waals surface area contributed by atoms with Crippen LogP contribution >= 0.6 is 11.8 Å². The summed E-state index contributed by atoms with van der Waals surface area (Å²) in [5.41, 5.74) is 0.911. The van der Waals surface area contributed by atoms with E-state index < -0.39 is 10.0 Å². The van der Waals surface area contributed by atoms with E-state index in [9.17, 15) is 17.6 Å². The first kappa shape index (κ1) is 22.8. The van der Waals surface area contributed by atoms with Crippen molar-refractivity contribution in [1.82, 2.24) is 13.9 Å². The molecule has 11 heteroatoms. The lowest BCUT2D eigenvalue weighted by atomic mass is 10.3. The van der Waals surface area contributed by atoms with E-state index in [1.165, 1.54) is 57.2 Å². The first-order chi connectivity index (χ1) is 14.7. The molecule has 31 heavy (non-hydrogen) atoms. The molecule has 0 bridgehead atoms. The molecule has 0 spiro atoms. The van der Waals surface area contributed by atoms with Crippen LogP contribution in [-0.2, 0) is 14.8 Å². The number of nitrogens with zero attached hydrogens (tertiary/aromatic N) is 3. The van der Waals surface area contributed by atoms with Crippen molar-refractivity contribution in [2.45, 2.75) is 10.1 Å². The molecule has 3 rings (SSSR count). The molecule has 2 aromatic carbocycles. The van der Waals surface area contributed by atoms with Crippen LogP contribution in [0.4, 0.5) is 10.1 Å². The number of anilines is 1. The molecule has 3 aromatic rings. The average Bonchev–Trinajstić information content (AvgIpc) is 3.21. The molecule has 0 atom stereocenters. The normalized spacial score (nSPS) is 11.5. The summed E-state index contributed by atoms with van der Waals surface area (Å²) in [6.45, 7) is 0. The maximum atomic E-state index is 13.5. The Hall–Kier alpha value is -2.89. The molecule has 0 aliphatic heterocycles. The molecule has 0 aliphatic carbocycles. The summed E-state index contributed by atoms with van der Waals surface area (Å²) in [7, 11) is 0.445. The first-order valence-corrected chi connectivity index (χ1v) is 11.5. The summed E-state index contributed by atoms with van der Waals surface area (Å²) >= 11 is 1.17. The van der Waals surface area contributed by atoms with Gasteiger partial charge in [-0.2, -0.15) is 0 Å². The number of benzene rings is 2. The van der Waals surface area contributed by atoms with E-state index in [0.29, 0.717) is 16.5 Å². The minimum absolute atomic E-state index is 0.0219. The number of sulfonamides is 1. The summed E-state index contributed by atoms with van der Waals surface area (Å²) in [5, 5.41) is 3.20. The number of carbonyl (C=O) groups is 1. The number of halogens is 1. The molecule has 1 amide bonds. The zero-order chi connectivity index (χ0) is 22.6. The Morgan fingerprint density at radius 1 is 1.26 bits per heavy atom. The van der Waals surface area contributed by atoms with Crippen molar-refractivity contribution in [3.63, 3.8) is 0 Å². The summed E-state index contributed by atoms with van der Waals surface area (Å²) < 4.78 is 46.4. The van der Waals surface area contributed by atoms with Gasteiger partial charge in [-0.3, -0.25) is 9.36 Å². The van der Waals surface area contributed by atoms with E-state index in [-0.39, 0.29) is 28.1 Å². The third kappa shape index (κ3) is 5.24. The zero-order valence-corrected chi connectivity index (χ0v) is 18.7. The predicted molar refractivity (Wildman–Crippen MR) is 117 cm³/mol. The Bertz CT molecular complexity index is 1200. The van der Waals surface area contributed by atoms with E-state index >= 15 is 0 Å². The molecule has 1 aromatic heterocycles. The van der Waals surface area contributed by atoms with Crippen molar-refractivity contribution in [3.05, 3.63) is 60.7 Å². The molecular weight excluding hydrogens is 443 g/mol. The number of hydrogen-bond donors (Lipinski definition) is 1. The number of ether oxygens (including phenoxy) is 1. The van der Waals surface area contributed by atoms with Crippen LogP contribution < -0.4 is 10.1 Å². The number of nitrogens with one attached hydrogen (secondary N) is 1. The van der Waals surface area contributed by atoms with E-state index in [1.807, 2.05) is 0 Å². The maximum Gasteiger partial charge on any atom is 0.246 e. The number of thioether (sulfide) groups is 1. The van der Waals surface area contributed by atoms with Gasteiger partial charge in [0.2, 0.25) is 15.9 Å². The lowest BCUT2D eigenvalue weighted by Gasteiger charge is -2.16. The Morgan fingerprint density at radius 3 is 2.71 bits per heavy atom. The van der Waals surface area contributed by atoms with Crippen molar-refractivity contribution < 1.29 is 22.3 Å². The van der Waals surface area contributed by atoms with Crippen molar-refractivity contribution in [2.75, 3.05) is 32.3 Å². The van der Waals surface area contributed by atoms with E-state index in [1.54, 1.807) is 35.2 Å². The van der Waals surface area contributed by atoms with Crippen molar-refractivity contribution in [1.29, 1.82) is 0 Å². The van der Waals surface area contributed by atoms with Crippen LogP contribution in [0.1, 0.15) is 0 Å². The van der Waals surface area contributed by atoms with Gasteiger partial charge in [0.05, 0.1) is 18.6 Å². The molecule has 0 radical (unpaired) electrons. The first-order valence-electron chi connectivity index (χ1n) is 9.05. The van der Waals surface area contributed by atoms with Gasteiger partial charge in [0.1, 0.15) is 16.5 Å². The molecule has 164 valence electrons. The maximum absolute atomic E-state index is 13.5. The van der Waals surface area contributed by atoms with Crippen LogP contribution in [0, 0.1) is 5.82 Å². The third-order valence-corrected chi connectivity index (χ3v) is 7.03. The number of amides is 1.